The first-order chi connectivity index (χ1) is 20.6. The van der Waals surface area contributed by atoms with Gasteiger partial charge in [-0.05, 0) is 135 Å². The molecule has 0 N–H and O–H groups in total. The van der Waals surface area contributed by atoms with Crippen molar-refractivity contribution in [3.05, 3.63) is 72.8 Å². The number of hydrogen-bond acceptors (Lipinski definition) is 4. The second-order valence-corrected chi connectivity index (χ2v) is 12.9. The number of fused-ring (bicyclic) bond motifs is 9. The van der Waals surface area contributed by atoms with Gasteiger partial charge in [0.25, 0.3) is 0 Å². The van der Waals surface area contributed by atoms with E-state index in [1.807, 2.05) is 0 Å². The lowest BCUT2D eigenvalue weighted by Crippen LogP contribution is -2.37. The molecule has 2 saturated heterocycles. The van der Waals surface area contributed by atoms with Gasteiger partial charge in [-0.3, -0.25) is 0 Å². The van der Waals surface area contributed by atoms with Crippen molar-refractivity contribution in [3.8, 4) is 0 Å². The molecular weight excluding hydrogens is 516 g/mol. The highest BCUT2D eigenvalue weighted by Gasteiger charge is 2.22. The molecule has 42 heavy (non-hydrogen) atoms. The quantitative estimate of drug-likeness (QED) is 0.214. The van der Waals surface area contributed by atoms with Crippen LogP contribution in [0.3, 0.4) is 0 Å². The Balaban J connectivity index is 1.19. The van der Waals surface area contributed by atoms with E-state index in [0.717, 1.165) is 57.0 Å². The van der Waals surface area contributed by atoms with Crippen molar-refractivity contribution in [3.63, 3.8) is 0 Å². The molecule has 4 nitrogen and oxygen atoms in total. The van der Waals surface area contributed by atoms with Gasteiger partial charge in [0.2, 0.25) is 0 Å². The van der Waals surface area contributed by atoms with Crippen molar-refractivity contribution in [2.75, 3.05) is 22.9 Å². The van der Waals surface area contributed by atoms with E-state index in [-0.39, 0.29) is 0 Å². The molecule has 7 aromatic rings. The maximum absolute atomic E-state index is 6.69. The molecule has 2 aliphatic heterocycles. The van der Waals surface area contributed by atoms with E-state index in [1.54, 1.807) is 0 Å². The summed E-state index contributed by atoms with van der Waals surface area (Å²) in [6, 6.07) is 28.3. The summed E-state index contributed by atoms with van der Waals surface area (Å²) in [6.07, 6.45) is 7.74. The van der Waals surface area contributed by atoms with Gasteiger partial charge in [0.05, 0.1) is 5.39 Å². The normalized spacial score (nSPS) is 20.2. The maximum Gasteiger partial charge on any atom is 0.147 e. The van der Waals surface area contributed by atoms with Crippen LogP contribution in [0, 0.1) is 0 Å². The molecule has 2 unspecified atom stereocenters. The Morgan fingerprint density at radius 2 is 1.12 bits per heavy atom. The summed E-state index contributed by atoms with van der Waals surface area (Å²) in [7, 11) is 0. The Kier molecular flexibility index (Phi) is 5.33. The predicted octanol–water partition coefficient (Wildman–Crippen LogP) is 10.5. The van der Waals surface area contributed by atoms with Crippen LogP contribution in [0.2, 0.25) is 0 Å². The van der Waals surface area contributed by atoms with Gasteiger partial charge in [0, 0.05) is 52.7 Å². The maximum atomic E-state index is 6.69. The molecule has 2 aromatic heterocycles. The summed E-state index contributed by atoms with van der Waals surface area (Å²) in [5.74, 6) is 0. The summed E-state index contributed by atoms with van der Waals surface area (Å²) >= 11 is 0. The molecule has 4 heterocycles. The number of furan rings is 2. The fraction of sp³-hybridized carbons (Fsp3) is 0.316. The van der Waals surface area contributed by atoms with Crippen molar-refractivity contribution in [2.45, 2.75) is 64.5 Å². The highest BCUT2D eigenvalue weighted by atomic mass is 16.3. The first kappa shape index (κ1) is 24.4. The lowest BCUT2D eigenvalue weighted by Gasteiger charge is -2.35. The van der Waals surface area contributed by atoms with Gasteiger partial charge in [-0.25, -0.2) is 0 Å². The SMILES string of the molecule is CC1CCCCN1c1ccc2cc3c(cc2c1)oc1c3ccc2oc3cc4cc(N5CCCCC5C)ccc4cc3c21. The van der Waals surface area contributed by atoms with E-state index in [4.69, 9.17) is 8.83 Å². The van der Waals surface area contributed by atoms with Gasteiger partial charge in [0.15, 0.2) is 0 Å². The van der Waals surface area contributed by atoms with Crippen LogP contribution in [-0.2, 0) is 0 Å². The Morgan fingerprint density at radius 3 is 1.74 bits per heavy atom. The van der Waals surface area contributed by atoms with Crippen LogP contribution in [0.15, 0.2) is 81.6 Å². The van der Waals surface area contributed by atoms with E-state index in [2.05, 4.69) is 96.4 Å². The largest absolute Gasteiger partial charge is 0.456 e. The third-order valence-electron chi connectivity index (χ3n) is 10.2. The van der Waals surface area contributed by atoms with Crippen LogP contribution in [-0.4, -0.2) is 25.2 Å². The average Bonchev–Trinajstić information content (AvgIpc) is 3.55. The molecule has 0 aliphatic carbocycles. The molecule has 0 radical (unpaired) electrons. The molecule has 210 valence electrons. The van der Waals surface area contributed by atoms with Gasteiger partial charge < -0.3 is 18.6 Å². The van der Waals surface area contributed by atoms with Crippen molar-refractivity contribution in [1.29, 1.82) is 0 Å². The third kappa shape index (κ3) is 3.67. The lowest BCUT2D eigenvalue weighted by molar-refractivity contribution is 0.485. The fourth-order valence-electron chi connectivity index (χ4n) is 7.88. The standard InChI is InChI=1S/C38H36N2O2/c1-23-7-3-5-15-39(23)29-11-9-25-19-32-31-13-14-34-37(38(31)42-35(32)21-27(25)17-29)33-20-26-10-12-30(18-28(26)22-36(33)41-34)40-16-6-4-8-24(40)2/h9-14,17-24H,3-8,15-16H2,1-2H3. The second kappa shape index (κ2) is 9.16. The molecular formula is C38H36N2O2. The molecule has 0 amide bonds. The number of benzene rings is 5. The van der Waals surface area contributed by atoms with Gasteiger partial charge >= 0.3 is 0 Å². The van der Waals surface area contributed by atoms with E-state index in [0.29, 0.717) is 12.1 Å². The molecule has 2 fully saturated rings. The number of hydrogen-bond donors (Lipinski definition) is 0. The number of rotatable bonds is 2. The van der Waals surface area contributed by atoms with Crippen LogP contribution < -0.4 is 9.80 Å². The second-order valence-electron chi connectivity index (χ2n) is 12.9. The minimum Gasteiger partial charge on any atom is -0.456 e. The molecule has 5 aromatic carbocycles. The summed E-state index contributed by atoms with van der Waals surface area (Å²) < 4.78 is 13.2. The molecule has 4 heteroatoms. The molecule has 9 rings (SSSR count). The van der Waals surface area contributed by atoms with Crippen molar-refractivity contribution < 1.29 is 8.83 Å². The Hall–Kier alpha value is -4.18. The fourth-order valence-corrected chi connectivity index (χ4v) is 7.88. The summed E-state index contributed by atoms with van der Waals surface area (Å²) in [6.45, 7) is 6.97. The molecule has 0 spiro atoms. The Bertz CT molecular complexity index is 2170. The van der Waals surface area contributed by atoms with Crippen LogP contribution in [0.25, 0.3) is 65.4 Å². The zero-order chi connectivity index (χ0) is 27.9. The molecule has 0 saturated carbocycles. The van der Waals surface area contributed by atoms with Crippen LogP contribution >= 0.6 is 0 Å². The number of anilines is 2. The summed E-state index contributed by atoms with van der Waals surface area (Å²) in [5, 5.41) is 9.43. The zero-order valence-corrected chi connectivity index (χ0v) is 24.5. The molecule has 0 bridgehead atoms. The van der Waals surface area contributed by atoms with Crippen LogP contribution in [0.5, 0.6) is 0 Å². The number of piperidine rings is 2. The van der Waals surface area contributed by atoms with Crippen LogP contribution in [0.4, 0.5) is 11.4 Å². The lowest BCUT2D eigenvalue weighted by atomic mass is 10.00. The van der Waals surface area contributed by atoms with E-state index < -0.39 is 0 Å². The van der Waals surface area contributed by atoms with Crippen LogP contribution in [0.1, 0.15) is 52.4 Å². The first-order valence-electron chi connectivity index (χ1n) is 15.8. The first-order valence-corrected chi connectivity index (χ1v) is 15.8. The highest BCUT2D eigenvalue weighted by Crippen LogP contribution is 2.42. The van der Waals surface area contributed by atoms with Gasteiger partial charge in [0.1, 0.15) is 22.3 Å². The average molecular weight is 553 g/mol. The van der Waals surface area contributed by atoms with E-state index in [1.165, 1.54) is 71.4 Å². The molecule has 2 aliphatic rings. The summed E-state index contributed by atoms with van der Waals surface area (Å²) in [4.78, 5) is 5.12. The Labute approximate surface area is 245 Å². The zero-order valence-electron chi connectivity index (χ0n) is 24.5. The minimum atomic E-state index is 0.587. The highest BCUT2D eigenvalue weighted by molar-refractivity contribution is 6.24. The van der Waals surface area contributed by atoms with Gasteiger partial charge in [-0.15, -0.1) is 0 Å². The monoisotopic (exact) mass is 552 g/mol. The van der Waals surface area contributed by atoms with Crippen molar-refractivity contribution >= 4 is 76.8 Å². The summed E-state index contributed by atoms with van der Waals surface area (Å²) in [5.41, 5.74) is 6.28. The van der Waals surface area contributed by atoms with Crippen molar-refractivity contribution in [1.82, 2.24) is 0 Å². The third-order valence-corrected chi connectivity index (χ3v) is 10.2. The minimum absolute atomic E-state index is 0.587. The van der Waals surface area contributed by atoms with Gasteiger partial charge in [-0.1, -0.05) is 12.1 Å². The Morgan fingerprint density at radius 1 is 0.524 bits per heavy atom. The predicted molar refractivity (Wildman–Crippen MR) is 177 cm³/mol. The topological polar surface area (TPSA) is 32.8 Å². The van der Waals surface area contributed by atoms with Crippen molar-refractivity contribution in [2.24, 2.45) is 0 Å². The smallest absolute Gasteiger partial charge is 0.147 e. The van der Waals surface area contributed by atoms with E-state index >= 15 is 0 Å². The number of nitrogens with zero attached hydrogens (tertiary/aromatic N) is 2. The molecule has 2 atom stereocenters. The van der Waals surface area contributed by atoms with E-state index in [9.17, 15) is 0 Å². The van der Waals surface area contributed by atoms with Gasteiger partial charge in [-0.2, -0.15) is 0 Å².